The first kappa shape index (κ1) is 16.0. The highest BCUT2D eigenvalue weighted by atomic mass is 32.1. The van der Waals surface area contributed by atoms with Crippen molar-refractivity contribution in [1.82, 2.24) is 4.98 Å². The molecule has 0 unspecified atom stereocenters. The Bertz CT molecular complexity index is 801. The van der Waals surface area contributed by atoms with Gasteiger partial charge in [0.2, 0.25) is 0 Å². The van der Waals surface area contributed by atoms with E-state index in [9.17, 15) is 4.79 Å². The van der Waals surface area contributed by atoms with E-state index in [1.807, 2.05) is 41.8 Å². The van der Waals surface area contributed by atoms with Crippen molar-refractivity contribution in [3.8, 4) is 22.1 Å². The number of thiazole rings is 1. The summed E-state index contributed by atoms with van der Waals surface area (Å²) in [6, 6.07) is 14.8. The molecule has 0 radical (unpaired) electrons. The summed E-state index contributed by atoms with van der Waals surface area (Å²) in [6.07, 6.45) is 1.77. The number of nitrogens with zero attached hydrogens (tertiary/aromatic N) is 1. The number of methoxy groups -OCH3 is 1. The standard InChI is InChI=1S/C18H16N2O3S/c1-22-15-4-2-3-5-16(15)23-12-17(21)20-14-8-6-13(7-9-14)18-19-10-11-24-18/h2-11H,12H2,1H3,(H,20,21). The Morgan fingerprint density at radius 1 is 1.12 bits per heavy atom. The van der Waals surface area contributed by atoms with Crippen LogP contribution in [0.5, 0.6) is 11.5 Å². The van der Waals surface area contributed by atoms with Crippen LogP contribution < -0.4 is 14.8 Å². The molecular formula is C18H16N2O3S. The number of hydrogen-bond donors (Lipinski definition) is 1. The van der Waals surface area contributed by atoms with Crippen LogP contribution in [0.2, 0.25) is 0 Å². The van der Waals surface area contributed by atoms with Crippen molar-refractivity contribution < 1.29 is 14.3 Å². The molecule has 0 aliphatic heterocycles. The zero-order valence-corrected chi connectivity index (χ0v) is 13.9. The van der Waals surface area contributed by atoms with Crippen LogP contribution in [0.4, 0.5) is 5.69 Å². The van der Waals surface area contributed by atoms with Crippen molar-refractivity contribution in [2.24, 2.45) is 0 Å². The van der Waals surface area contributed by atoms with Crippen molar-refractivity contribution in [2.75, 3.05) is 19.0 Å². The van der Waals surface area contributed by atoms with Gasteiger partial charge in [-0.05, 0) is 36.4 Å². The van der Waals surface area contributed by atoms with Gasteiger partial charge in [-0.25, -0.2) is 4.98 Å². The van der Waals surface area contributed by atoms with E-state index < -0.39 is 0 Å². The van der Waals surface area contributed by atoms with Crippen LogP contribution in [0.15, 0.2) is 60.1 Å². The highest BCUT2D eigenvalue weighted by Gasteiger charge is 2.08. The molecule has 3 rings (SSSR count). The van der Waals surface area contributed by atoms with Crippen LogP contribution in [0.3, 0.4) is 0 Å². The van der Waals surface area contributed by atoms with Gasteiger partial charge in [-0.15, -0.1) is 11.3 Å². The Morgan fingerprint density at radius 2 is 1.88 bits per heavy atom. The zero-order chi connectivity index (χ0) is 16.8. The van der Waals surface area contributed by atoms with Gasteiger partial charge in [0, 0.05) is 22.8 Å². The highest BCUT2D eigenvalue weighted by molar-refractivity contribution is 7.13. The quantitative estimate of drug-likeness (QED) is 0.741. The van der Waals surface area contributed by atoms with Gasteiger partial charge < -0.3 is 14.8 Å². The Balaban J connectivity index is 1.57. The molecule has 1 N–H and O–H groups in total. The molecule has 1 amide bonds. The van der Waals surface area contributed by atoms with Crippen molar-refractivity contribution in [3.63, 3.8) is 0 Å². The van der Waals surface area contributed by atoms with E-state index in [0.29, 0.717) is 17.2 Å². The van der Waals surface area contributed by atoms with Crippen molar-refractivity contribution in [2.45, 2.75) is 0 Å². The Labute approximate surface area is 143 Å². The molecule has 6 heteroatoms. The molecule has 0 aliphatic carbocycles. The maximum Gasteiger partial charge on any atom is 0.262 e. The molecule has 0 spiro atoms. The topological polar surface area (TPSA) is 60.5 Å². The fourth-order valence-corrected chi connectivity index (χ4v) is 2.79. The Hall–Kier alpha value is -2.86. The van der Waals surface area contributed by atoms with Gasteiger partial charge in [-0.1, -0.05) is 12.1 Å². The van der Waals surface area contributed by atoms with Crippen LogP contribution in [-0.2, 0) is 4.79 Å². The van der Waals surface area contributed by atoms with E-state index in [4.69, 9.17) is 9.47 Å². The highest BCUT2D eigenvalue weighted by Crippen LogP contribution is 2.26. The molecule has 0 aliphatic rings. The molecule has 0 saturated carbocycles. The first-order chi connectivity index (χ1) is 11.8. The lowest BCUT2D eigenvalue weighted by Gasteiger charge is -2.10. The molecule has 0 bridgehead atoms. The molecule has 0 saturated heterocycles. The number of hydrogen-bond acceptors (Lipinski definition) is 5. The summed E-state index contributed by atoms with van der Waals surface area (Å²) in [6.45, 7) is -0.0887. The van der Waals surface area contributed by atoms with Crippen molar-refractivity contribution in [3.05, 3.63) is 60.1 Å². The van der Waals surface area contributed by atoms with Crippen LogP contribution >= 0.6 is 11.3 Å². The van der Waals surface area contributed by atoms with E-state index in [0.717, 1.165) is 10.6 Å². The molecule has 1 aromatic heterocycles. The summed E-state index contributed by atoms with van der Waals surface area (Å²) < 4.78 is 10.7. The third-order valence-electron chi connectivity index (χ3n) is 3.28. The maximum absolute atomic E-state index is 12.0. The number of aromatic nitrogens is 1. The molecule has 0 fully saturated rings. The van der Waals surface area contributed by atoms with Gasteiger partial charge in [0.25, 0.3) is 5.91 Å². The number of ether oxygens (including phenoxy) is 2. The average Bonchev–Trinajstić information content (AvgIpc) is 3.15. The van der Waals surface area contributed by atoms with Gasteiger partial charge in [0.05, 0.1) is 7.11 Å². The molecule has 0 atom stereocenters. The van der Waals surface area contributed by atoms with Crippen LogP contribution in [0.25, 0.3) is 10.6 Å². The van der Waals surface area contributed by atoms with E-state index in [-0.39, 0.29) is 12.5 Å². The summed E-state index contributed by atoms with van der Waals surface area (Å²) >= 11 is 1.57. The number of rotatable bonds is 6. The van der Waals surface area contributed by atoms with Crippen LogP contribution in [0, 0.1) is 0 Å². The van der Waals surface area contributed by atoms with E-state index >= 15 is 0 Å². The lowest BCUT2D eigenvalue weighted by Crippen LogP contribution is -2.20. The summed E-state index contributed by atoms with van der Waals surface area (Å²) in [5.74, 6) is 0.898. The summed E-state index contributed by atoms with van der Waals surface area (Å²) in [5.41, 5.74) is 1.73. The smallest absolute Gasteiger partial charge is 0.262 e. The summed E-state index contributed by atoms with van der Waals surface area (Å²) in [4.78, 5) is 16.3. The van der Waals surface area contributed by atoms with Crippen LogP contribution in [0.1, 0.15) is 0 Å². The second-order valence-electron chi connectivity index (χ2n) is 4.90. The predicted molar refractivity (Wildman–Crippen MR) is 94.7 cm³/mol. The molecule has 24 heavy (non-hydrogen) atoms. The molecular weight excluding hydrogens is 324 g/mol. The monoisotopic (exact) mass is 340 g/mol. The van der Waals surface area contributed by atoms with Crippen molar-refractivity contribution >= 4 is 22.9 Å². The third kappa shape index (κ3) is 3.91. The Morgan fingerprint density at radius 3 is 2.54 bits per heavy atom. The number of carbonyl (C=O) groups is 1. The van der Waals surface area contributed by atoms with Gasteiger partial charge in [0.15, 0.2) is 18.1 Å². The first-order valence-corrected chi connectivity index (χ1v) is 8.20. The van der Waals surface area contributed by atoms with Crippen molar-refractivity contribution in [1.29, 1.82) is 0 Å². The number of benzene rings is 2. The minimum atomic E-state index is -0.233. The van der Waals surface area contributed by atoms with E-state index in [1.54, 1.807) is 36.8 Å². The summed E-state index contributed by atoms with van der Waals surface area (Å²) in [7, 11) is 1.56. The minimum Gasteiger partial charge on any atom is -0.493 e. The first-order valence-electron chi connectivity index (χ1n) is 7.32. The number of nitrogens with one attached hydrogen (secondary N) is 1. The number of anilines is 1. The number of carbonyl (C=O) groups excluding carboxylic acids is 1. The SMILES string of the molecule is COc1ccccc1OCC(=O)Nc1ccc(-c2nccs2)cc1. The van der Waals surface area contributed by atoms with Gasteiger partial charge in [-0.2, -0.15) is 0 Å². The normalized spacial score (nSPS) is 10.2. The second kappa shape index (κ2) is 7.61. The van der Waals surface area contributed by atoms with Gasteiger partial charge in [-0.3, -0.25) is 4.79 Å². The Kier molecular flexibility index (Phi) is 5.08. The minimum absolute atomic E-state index is 0.0887. The van der Waals surface area contributed by atoms with Gasteiger partial charge >= 0.3 is 0 Å². The second-order valence-corrected chi connectivity index (χ2v) is 5.80. The number of amides is 1. The zero-order valence-electron chi connectivity index (χ0n) is 13.1. The molecule has 2 aromatic carbocycles. The van der Waals surface area contributed by atoms with Crippen LogP contribution in [-0.4, -0.2) is 24.6 Å². The maximum atomic E-state index is 12.0. The lowest BCUT2D eigenvalue weighted by atomic mass is 10.2. The summed E-state index contributed by atoms with van der Waals surface area (Å²) in [5, 5.41) is 5.68. The third-order valence-corrected chi connectivity index (χ3v) is 4.10. The fraction of sp³-hybridized carbons (Fsp3) is 0.111. The number of para-hydroxylation sites is 2. The van der Waals surface area contributed by atoms with Gasteiger partial charge in [0.1, 0.15) is 5.01 Å². The predicted octanol–water partition coefficient (Wildman–Crippen LogP) is 3.84. The molecule has 122 valence electrons. The van der Waals surface area contributed by atoms with E-state index in [2.05, 4.69) is 10.3 Å². The molecule has 5 nitrogen and oxygen atoms in total. The van der Waals surface area contributed by atoms with E-state index in [1.165, 1.54) is 0 Å². The largest absolute Gasteiger partial charge is 0.493 e. The molecule has 3 aromatic rings. The molecule has 1 heterocycles. The lowest BCUT2D eigenvalue weighted by molar-refractivity contribution is -0.118. The fourth-order valence-electron chi connectivity index (χ4n) is 2.14. The average molecular weight is 340 g/mol.